The number of nitrogens with one attached hydrogen (secondary N) is 2. The van der Waals surface area contributed by atoms with Crippen LogP contribution in [0.4, 0.5) is 0 Å². The predicted octanol–water partition coefficient (Wildman–Crippen LogP) is 0.691. The number of carbonyl (C=O) groups excluding carboxylic acids is 1. The van der Waals surface area contributed by atoms with Gasteiger partial charge >= 0.3 is 0 Å². The Labute approximate surface area is 139 Å². The molecule has 2 aromatic rings. The van der Waals surface area contributed by atoms with Crippen LogP contribution in [-0.2, 0) is 11.3 Å². The van der Waals surface area contributed by atoms with Gasteiger partial charge in [0, 0.05) is 12.7 Å². The molecule has 1 aromatic heterocycles. The number of aliphatic hydroxyl groups is 1. The summed E-state index contributed by atoms with van der Waals surface area (Å²) < 4.78 is 10.5. The molecule has 1 amide bonds. The minimum absolute atomic E-state index is 0.00357. The van der Waals surface area contributed by atoms with Crippen LogP contribution in [0.3, 0.4) is 0 Å². The summed E-state index contributed by atoms with van der Waals surface area (Å²) in [7, 11) is 1.60. The molecule has 128 valence electrons. The lowest BCUT2D eigenvalue weighted by Crippen LogP contribution is -2.36. The number of aliphatic hydroxyl groups excluding tert-OH is 1. The molecule has 7 nitrogen and oxygen atoms in total. The highest BCUT2D eigenvalue weighted by Crippen LogP contribution is 2.11. The molecule has 2 rings (SSSR count). The zero-order valence-electron chi connectivity index (χ0n) is 13.3. The molecule has 0 aliphatic rings. The van der Waals surface area contributed by atoms with Gasteiger partial charge in [-0.25, -0.2) is 0 Å². The van der Waals surface area contributed by atoms with Crippen molar-refractivity contribution in [2.75, 3.05) is 20.3 Å². The van der Waals surface area contributed by atoms with E-state index in [0.717, 1.165) is 11.3 Å². The summed E-state index contributed by atoms with van der Waals surface area (Å²) in [5.74, 6) is 0.225. The molecule has 0 fully saturated rings. The third-order valence-corrected chi connectivity index (χ3v) is 3.30. The van der Waals surface area contributed by atoms with Gasteiger partial charge in [0.1, 0.15) is 11.3 Å². The molecule has 0 saturated carbocycles. The van der Waals surface area contributed by atoms with E-state index < -0.39 is 17.6 Å². The van der Waals surface area contributed by atoms with Gasteiger partial charge in [0.2, 0.25) is 0 Å². The highest BCUT2D eigenvalue weighted by molar-refractivity contribution is 5.93. The van der Waals surface area contributed by atoms with Crippen molar-refractivity contribution in [2.45, 2.75) is 12.7 Å². The second kappa shape index (κ2) is 8.85. The van der Waals surface area contributed by atoms with E-state index in [1.54, 1.807) is 13.2 Å². The Bertz CT molecular complexity index is 711. The van der Waals surface area contributed by atoms with E-state index in [1.165, 1.54) is 12.3 Å². The topological polar surface area (TPSA) is 101 Å². The fourth-order valence-electron chi connectivity index (χ4n) is 2.00. The van der Waals surface area contributed by atoms with E-state index in [-0.39, 0.29) is 18.7 Å². The number of benzene rings is 1. The molecule has 0 aliphatic carbocycles. The Balaban J connectivity index is 1.71. The molecule has 0 aliphatic heterocycles. The van der Waals surface area contributed by atoms with Crippen molar-refractivity contribution in [1.82, 2.24) is 10.3 Å². The lowest BCUT2D eigenvalue weighted by atomic mass is 10.2. The summed E-state index contributed by atoms with van der Waals surface area (Å²) in [6, 6.07) is 10.4. The van der Waals surface area contributed by atoms with Gasteiger partial charge in [-0.15, -0.1) is 0 Å². The number of rotatable bonds is 8. The first-order valence-electron chi connectivity index (χ1n) is 7.45. The average Bonchev–Trinajstić information content (AvgIpc) is 2.60. The number of ether oxygens (including phenoxy) is 2. The summed E-state index contributed by atoms with van der Waals surface area (Å²) >= 11 is 0. The van der Waals surface area contributed by atoms with Crippen LogP contribution in [-0.4, -0.2) is 42.4 Å². The SMILES string of the molecule is COc1ccc(COC[C@H](O)CNC(=O)c2ccc[nH]c2=O)cc1. The zero-order valence-corrected chi connectivity index (χ0v) is 13.3. The smallest absolute Gasteiger partial charge is 0.260 e. The van der Waals surface area contributed by atoms with Crippen LogP contribution in [0.5, 0.6) is 5.75 Å². The molecule has 0 radical (unpaired) electrons. The van der Waals surface area contributed by atoms with E-state index in [9.17, 15) is 14.7 Å². The first-order valence-corrected chi connectivity index (χ1v) is 7.45. The normalized spacial score (nSPS) is 11.8. The van der Waals surface area contributed by atoms with Gasteiger partial charge < -0.3 is 24.9 Å². The average molecular weight is 332 g/mol. The van der Waals surface area contributed by atoms with Gasteiger partial charge in [-0.1, -0.05) is 12.1 Å². The van der Waals surface area contributed by atoms with Gasteiger partial charge in [-0.2, -0.15) is 0 Å². The second-order valence-corrected chi connectivity index (χ2v) is 5.14. The molecular weight excluding hydrogens is 312 g/mol. The Morgan fingerprint density at radius 3 is 2.71 bits per heavy atom. The molecule has 1 atom stereocenters. The van der Waals surface area contributed by atoms with Crippen LogP contribution in [0.15, 0.2) is 47.4 Å². The quantitative estimate of drug-likeness (QED) is 0.660. The van der Waals surface area contributed by atoms with Crippen molar-refractivity contribution in [1.29, 1.82) is 0 Å². The molecule has 0 saturated heterocycles. The van der Waals surface area contributed by atoms with Crippen molar-refractivity contribution in [3.63, 3.8) is 0 Å². The number of pyridine rings is 1. The molecule has 1 heterocycles. The molecule has 0 unspecified atom stereocenters. The van der Waals surface area contributed by atoms with Crippen molar-refractivity contribution >= 4 is 5.91 Å². The minimum Gasteiger partial charge on any atom is -0.497 e. The zero-order chi connectivity index (χ0) is 17.4. The lowest BCUT2D eigenvalue weighted by Gasteiger charge is -2.12. The van der Waals surface area contributed by atoms with Crippen LogP contribution in [0.2, 0.25) is 0 Å². The Morgan fingerprint density at radius 1 is 1.29 bits per heavy atom. The number of hydrogen-bond acceptors (Lipinski definition) is 5. The lowest BCUT2D eigenvalue weighted by molar-refractivity contribution is 0.0285. The maximum Gasteiger partial charge on any atom is 0.260 e. The first-order chi connectivity index (χ1) is 11.6. The fourth-order valence-corrected chi connectivity index (χ4v) is 2.00. The summed E-state index contributed by atoms with van der Waals surface area (Å²) in [6.45, 7) is 0.403. The largest absolute Gasteiger partial charge is 0.497 e. The molecule has 0 spiro atoms. The van der Waals surface area contributed by atoms with Gasteiger partial charge in [0.25, 0.3) is 11.5 Å². The van der Waals surface area contributed by atoms with Crippen molar-refractivity contribution in [3.8, 4) is 5.75 Å². The highest BCUT2D eigenvalue weighted by atomic mass is 16.5. The molecule has 3 N–H and O–H groups in total. The van der Waals surface area contributed by atoms with E-state index in [4.69, 9.17) is 9.47 Å². The standard InChI is InChI=1S/C17H20N2O5/c1-23-14-6-4-12(5-7-14)10-24-11-13(20)9-19-17(22)15-3-2-8-18-16(15)21/h2-8,13,20H,9-11H2,1H3,(H,18,21)(H,19,22)/t13-/m1/s1. The summed E-state index contributed by atoms with van der Waals surface area (Å²) in [5.41, 5.74) is 0.479. The molecule has 24 heavy (non-hydrogen) atoms. The van der Waals surface area contributed by atoms with Crippen LogP contribution in [0.25, 0.3) is 0 Å². The van der Waals surface area contributed by atoms with Crippen molar-refractivity contribution < 1.29 is 19.4 Å². The van der Waals surface area contributed by atoms with E-state index in [1.807, 2.05) is 24.3 Å². The van der Waals surface area contributed by atoms with Gasteiger partial charge in [-0.05, 0) is 29.8 Å². The number of H-pyrrole nitrogens is 1. The number of hydrogen-bond donors (Lipinski definition) is 3. The maximum absolute atomic E-state index is 11.8. The number of methoxy groups -OCH3 is 1. The summed E-state index contributed by atoms with van der Waals surface area (Å²) in [4.78, 5) is 25.7. The van der Waals surface area contributed by atoms with Crippen molar-refractivity contribution in [3.05, 3.63) is 64.1 Å². The molecule has 7 heteroatoms. The summed E-state index contributed by atoms with van der Waals surface area (Å²) in [6.07, 6.45) is 0.580. The number of aromatic amines is 1. The minimum atomic E-state index is -0.866. The predicted molar refractivity (Wildman–Crippen MR) is 88.1 cm³/mol. The molecule has 0 bridgehead atoms. The van der Waals surface area contributed by atoms with E-state index in [2.05, 4.69) is 10.3 Å². The van der Waals surface area contributed by atoms with E-state index >= 15 is 0 Å². The second-order valence-electron chi connectivity index (χ2n) is 5.14. The maximum atomic E-state index is 11.8. The van der Waals surface area contributed by atoms with Gasteiger partial charge in [0.15, 0.2) is 0 Å². The Hall–Kier alpha value is -2.64. The number of carbonyl (C=O) groups is 1. The molecule has 1 aromatic carbocycles. The van der Waals surface area contributed by atoms with Gasteiger partial charge in [0.05, 0.1) is 26.4 Å². The first kappa shape index (κ1) is 17.7. The van der Waals surface area contributed by atoms with Crippen LogP contribution >= 0.6 is 0 Å². The van der Waals surface area contributed by atoms with Crippen LogP contribution < -0.4 is 15.6 Å². The van der Waals surface area contributed by atoms with Crippen LogP contribution in [0, 0.1) is 0 Å². The van der Waals surface area contributed by atoms with Crippen LogP contribution in [0.1, 0.15) is 15.9 Å². The van der Waals surface area contributed by atoms with Crippen molar-refractivity contribution in [2.24, 2.45) is 0 Å². The summed E-state index contributed by atoms with van der Waals surface area (Å²) in [5, 5.41) is 12.3. The third kappa shape index (κ3) is 5.22. The Morgan fingerprint density at radius 2 is 2.04 bits per heavy atom. The van der Waals surface area contributed by atoms with Gasteiger partial charge in [-0.3, -0.25) is 9.59 Å². The monoisotopic (exact) mass is 332 g/mol. The molecular formula is C17H20N2O5. The van der Waals surface area contributed by atoms with E-state index in [0.29, 0.717) is 6.61 Å². The fraction of sp³-hybridized carbons (Fsp3) is 0.294. The number of aromatic nitrogens is 1. The highest BCUT2D eigenvalue weighted by Gasteiger charge is 2.11. The Kier molecular flexibility index (Phi) is 6.53. The third-order valence-electron chi connectivity index (χ3n) is 3.30. The number of amides is 1.